The number of nitrogens with zero attached hydrogens (tertiary/aromatic N) is 5. The molecule has 2 aromatic carbocycles. The highest BCUT2D eigenvalue weighted by molar-refractivity contribution is 6.31. The Balaban J connectivity index is 1.62. The van der Waals surface area contributed by atoms with Gasteiger partial charge in [-0.3, -0.25) is 23.8 Å². The summed E-state index contributed by atoms with van der Waals surface area (Å²) in [6.07, 6.45) is 7.48. The highest BCUT2D eigenvalue weighted by Crippen LogP contribution is 2.36. The van der Waals surface area contributed by atoms with E-state index < -0.39 is 5.82 Å². The molecule has 212 valence electrons. The number of carbonyl (C=O) groups is 1. The number of benzene rings is 2. The molecule has 2 atom stereocenters. The van der Waals surface area contributed by atoms with Crippen molar-refractivity contribution < 1.29 is 9.18 Å². The maximum atomic E-state index is 15.3. The molecule has 41 heavy (non-hydrogen) atoms. The van der Waals surface area contributed by atoms with Gasteiger partial charge < -0.3 is 11.1 Å². The quantitative estimate of drug-likeness (QED) is 0.239. The molecule has 1 aliphatic heterocycles. The molecular weight excluding hydrogens is 547 g/mol. The normalized spacial score (nSPS) is 17.4. The fourth-order valence-electron chi connectivity index (χ4n) is 5.19. The van der Waals surface area contributed by atoms with Crippen LogP contribution in [0.15, 0.2) is 72.2 Å². The van der Waals surface area contributed by atoms with Gasteiger partial charge in [-0.2, -0.15) is 5.10 Å². The average molecular weight is 577 g/mol. The summed E-state index contributed by atoms with van der Waals surface area (Å²) in [5.74, 6) is 4.94. The molecule has 2 unspecified atom stereocenters. The number of amides is 1. The minimum absolute atomic E-state index is 0.0217. The summed E-state index contributed by atoms with van der Waals surface area (Å²) in [6.45, 7) is 1.88. The fraction of sp³-hybridized carbons (Fsp3) is 0.241. The van der Waals surface area contributed by atoms with E-state index in [-0.39, 0.29) is 45.4 Å². The largest absolute Gasteiger partial charge is 0.403 e. The molecule has 0 radical (unpaired) electrons. The zero-order valence-corrected chi connectivity index (χ0v) is 23.3. The maximum Gasteiger partial charge on any atom is 0.254 e. The van der Waals surface area contributed by atoms with E-state index in [9.17, 15) is 9.59 Å². The summed E-state index contributed by atoms with van der Waals surface area (Å²) in [7, 11) is 1.81. The van der Waals surface area contributed by atoms with E-state index in [0.29, 0.717) is 24.9 Å². The van der Waals surface area contributed by atoms with Crippen molar-refractivity contribution in [2.24, 2.45) is 24.5 Å². The minimum atomic E-state index is -0.757. The maximum absolute atomic E-state index is 15.3. The molecule has 5 N–H and O–H groups in total. The van der Waals surface area contributed by atoms with E-state index in [1.54, 1.807) is 10.9 Å². The van der Waals surface area contributed by atoms with E-state index in [1.807, 2.05) is 38.2 Å². The Labute approximate surface area is 241 Å². The van der Waals surface area contributed by atoms with E-state index >= 15 is 4.39 Å². The molecule has 0 saturated carbocycles. The molecule has 1 amide bonds. The molecule has 0 aliphatic carbocycles. The van der Waals surface area contributed by atoms with Gasteiger partial charge in [0.05, 0.1) is 51.9 Å². The van der Waals surface area contributed by atoms with E-state index in [2.05, 4.69) is 15.4 Å². The first-order chi connectivity index (χ1) is 19.7. The molecule has 0 saturated heterocycles. The van der Waals surface area contributed by atoms with Crippen molar-refractivity contribution >= 4 is 28.9 Å². The van der Waals surface area contributed by atoms with E-state index in [1.165, 1.54) is 41.5 Å². The Kier molecular flexibility index (Phi) is 7.91. The van der Waals surface area contributed by atoms with Crippen molar-refractivity contribution in [1.29, 1.82) is 0 Å². The lowest BCUT2D eigenvalue weighted by Crippen LogP contribution is -2.28. The number of hydrazine groups is 1. The lowest BCUT2D eigenvalue weighted by Gasteiger charge is -2.23. The van der Waals surface area contributed by atoms with Crippen LogP contribution in [0.5, 0.6) is 0 Å². The molecule has 1 aliphatic rings. The van der Waals surface area contributed by atoms with Crippen LogP contribution in [0.4, 0.5) is 15.8 Å². The van der Waals surface area contributed by atoms with Gasteiger partial charge in [0.1, 0.15) is 0 Å². The number of halogens is 2. The topological polar surface area (TPSA) is 137 Å². The van der Waals surface area contributed by atoms with Crippen LogP contribution in [-0.2, 0) is 11.8 Å². The van der Waals surface area contributed by atoms with Crippen molar-refractivity contribution in [2.75, 3.05) is 10.3 Å². The van der Waals surface area contributed by atoms with Gasteiger partial charge in [0, 0.05) is 37.0 Å². The third-order valence-corrected chi connectivity index (χ3v) is 7.62. The van der Waals surface area contributed by atoms with Crippen LogP contribution in [0.2, 0.25) is 5.02 Å². The Morgan fingerprint density at radius 3 is 2.76 bits per heavy atom. The first-order valence-electron chi connectivity index (χ1n) is 13.1. The smallest absolute Gasteiger partial charge is 0.254 e. The summed E-state index contributed by atoms with van der Waals surface area (Å²) < 4.78 is 18.5. The van der Waals surface area contributed by atoms with Crippen LogP contribution in [0.3, 0.4) is 0 Å². The number of rotatable bonds is 4. The molecule has 0 spiro atoms. The molecule has 3 heterocycles. The number of carbonyl (C=O) groups excluding carboxylic acids is 1. The summed E-state index contributed by atoms with van der Waals surface area (Å²) >= 11 is 6.07. The van der Waals surface area contributed by atoms with E-state index in [0.717, 1.165) is 21.8 Å². The van der Waals surface area contributed by atoms with Crippen molar-refractivity contribution in [3.8, 4) is 22.5 Å². The number of anilines is 2. The molecule has 2 bridgehead atoms. The standard InChI is InChI=1S/C29H30ClFN8O2/c1-17-5-3-8-23(18-6-4-7-19(13-18)28-22(36-29(17)41)15-35-37(28)2)38-16-34-21(14-25(38)40)26-24(39(33)12-11-32)10-9-20(30)27(26)31/h4,6-7,9-17,23H,3,5,8,32-33H2,1-2H3,(H,36,41)/b12-11-. The Morgan fingerprint density at radius 1 is 1.20 bits per heavy atom. The van der Waals surface area contributed by atoms with Gasteiger partial charge in [0.25, 0.3) is 5.56 Å². The molecule has 5 rings (SSSR count). The van der Waals surface area contributed by atoms with Crippen LogP contribution >= 0.6 is 11.6 Å². The molecule has 0 fully saturated rings. The number of hydrogen-bond acceptors (Lipinski definition) is 7. The van der Waals surface area contributed by atoms with Crippen LogP contribution in [0, 0.1) is 11.7 Å². The van der Waals surface area contributed by atoms with Crippen molar-refractivity contribution in [2.45, 2.75) is 32.2 Å². The van der Waals surface area contributed by atoms with Crippen molar-refractivity contribution in [1.82, 2.24) is 19.3 Å². The molecule has 12 heteroatoms. The van der Waals surface area contributed by atoms with Crippen LogP contribution in [0.1, 0.15) is 37.8 Å². The predicted octanol–water partition coefficient (Wildman–Crippen LogP) is 4.56. The number of nitrogens with one attached hydrogen (secondary N) is 1. The van der Waals surface area contributed by atoms with Crippen molar-refractivity contribution in [3.05, 3.63) is 94.1 Å². The fourth-order valence-corrected chi connectivity index (χ4v) is 5.35. The second-order valence-electron chi connectivity index (χ2n) is 10.0. The second kappa shape index (κ2) is 11.6. The van der Waals surface area contributed by atoms with Gasteiger partial charge in [-0.15, -0.1) is 0 Å². The van der Waals surface area contributed by atoms with Crippen molar-refractivity contribution in [3.63, 3.8) is 0 Å². The Morgan fingerprint density at radius 2 is 2.00 bits per heavy atom. The van der Waals surface area contributed by atoms with E-state index in [4.69, 9.17) is 23.2 Å². The second-order valence-corrected chi connectivity index (χ2v) is 10.4. The SMILES string of the molecule is CC1CCCC(n2cnc(-c3c(N(N)/C=C\N)ccc(Cl)c3F)cc2=O)c2cccc(c2)-c2c(cnn2C)NC1=O. The lowest BCUT2D eigenvalue weighted by atomic mass is 9.94. The summed E-state index contributed by atoms with van der Waals surface area (Å²) in [5, 5.41) is 8.35. The highest BCUT2D eigenvalue weighted by Gasteiger charge is 2.24. The summed E-state index contributed by atoms with van der Waals surface area (Å²) in [6, 6.07) is 11.6. The van der Waals surface area contributed by atoms with Gasteiger partial charge in [0.15, 0.2) is 5.82 Å². The van der Waals surface area contributed by atoms with Crippen LogP contribution < -0.4 is 27.5 Å². The van der Waals surface area contributed by atoms with Gasteiger partial charge in [-0.05, 0) is 36.6 Å². The summed E-state index contributed by atoms with van der Waals surface area (Å²) in [5.41, 5.74) is 8.49. The third-order valence-electron chi connectivity index (χ3n) is 7.33. The monoisotopic (exact) mass is 576 g/mol. The predicted molar refractivity (Wildman–Crippen MR) is 157 cm³/mol. The van der Waals surface area contributed by atoms with Gasteiger partial charge >= 0.3 is 0 Å². The number of nitrogens with two attached hydrogens (primary N) is 2. The first kappa shape index (κ1) is 28.1. The molecular formula is C29H30ClFN8O2. The Bertz CT molecular complexity index is 1700. The van der Waals surface area contributed by atoms with Gasteiger partial charge in [-0.25, -0.2) is 15.2 Å². The molecule has 4 aromatic rings. The first-order valence-corrected chi connectivity index (χ1v) is 13.5. The number of aromatic nitrogens is 4. The Hall–Kier alpha value is -4.48. The zero-order chi connectivity index (χ0) is 29.3. The highest BCUT2D eigenvalue weighted by atomic mass is 35.5. The van der Waals surface area contributed by atoms with Crippen LogP contribution in [0.25, 0.3) is 22.5 Å². The third kappa shape index (κ3) is 5.46. The van der Waals surface area contributed by atoms with Crippen LogP contribution in [-0.4, -0.2) is 25.2 Å². The van der Waals surface area contributed by atoms with Gasteiger partial charge in [0.2, 0.25) is 5.91 Å². The molecule has 2 aromatic heterocycles. The molecule has 10 nitrogen and oxygen atoms in total. The average Bonchev–Trinajstić information content (AvgIpc) is 3.31. The number of fused-ring (bicyclic) bond motifs is 4. The summed E-state index contributed by atoms with van der Waals surface area (Å²) in [4.78, 5) is 31.0. The minimum Gasteiger partial charge on any atom is -0.403 e. The van der Waals surface area contributed by atoms with Gasteiger partial charge in [-0.1, -0.05) is 43.1 Å². The number of aryl methyl sites for hydroxylation is 1. The lowest BCUT2D eigenvalue weighted by molar-refractivity contribution is -0.119. The number of hydrogen-bond donors (Lipinski definition) is 3. The zero-order valence-electron chi connectivity index (χ0n) is 22.6.